The second kappa shape index (κ2) is 6.82. The number of amides is 1. The number of benzene rings is 1. The topological polar surface area (TPSA) is 66.4 Å². The molecule has 0 heterocycles. The van der Waals surface area contributed by atoms with E-state index in [0.29, 0.717) is 18.7 Å². The van der Waals surface area contributed by atoms with Gasteiger partial charge in [-0.25, -0.2) is 13.6 Å². The number of aromatic carboxylic acids is 1. The third-order valence-electron chi connectivity index (χ3n) is 2.60. The van der Waals surface area contributed by atoms with E-state index in [9.17, 15) is 18.4 Å². The summed E-state index contributed by atoms with van der Waals surface area (Å²) in [6, 6.07) is 1.12. The Kier molecular flexibility index (Phi) is 5.41. The molecule has 0 aliphatic carbocycles. The summed E-state index contributed by atoms with van der Waals surface area (Å²) in [7, 11) is 0. The molecule has 0 atom stereocenters. The molecular formula is C13H15F2NO3. The molecule has 1 amide bonds. The van der Waals surface area contributed by atoms with Crippen molar-refractivity contribution in [2.75, 3.05) is 6.54 Å². The average molecular weight is 271 g/mol. The Morgan fingerprint density at radius 1 is 1.16 bits per heavy atom. The van der Waals surface area contributed by atoms with Gasteiger partial charge in [-0.1, -0.05) is 19.8 Å². The molecule has 0 unspecified atom stereocenters. The van der Waals surface area contributed by atoms with Crippen molar-refractivity contribution < 1.29 is 23.5 Å². The van der Waals surface area contributed by atoms with E-state index in [1.807, 2.05) is 6.92 Å². The molecule has 104 valence electrons. The fraction of sp³-hybridized carbons (Fsp3) is 0.385. The summed E-state index contributed by atoms with van der Waals surface area (Å²) < 4.78 is 26.0. The van der Waals surface area contributed by atoms with E-state index >= 15 is 0 Å². The zero-order valence-electron chi connectivity index (χ0n) is 10.5. The summed E-state index contributed by atoms with van der Waals surface area (Å²) in [5, 5.41) is 11.4. The molecule has 1 aromatic rings. The van der Waals surface area contributed by atoms with Gasteiger partial charge in [-0.05, 0) is 18.6 Å². The molecule has 0 saturated carbocycles. The van der Waals surface area contributed by atoms with Crippen LogP contribution in [0, 0.1) is 11.6 Å². The molecule has 0 aliphatic heterocycles. The van der Waals surface area contributed by atoms with Gasteiger partial charge in [-0.3, -0.25) is 4.79 Å². The lowest BCUT2D eigenvalue weighted by Crippen LogP contribution is -2.26. The van der Waals surface area contributed by atoms with Crippen molar-refractivity contribution in [1.29, 1.82) is 0 Å². The van der Waals surface area contributed by atoms with Crippen molar-refractivity contribution in [3.63, 3.8) is 0 Å². The first-order valence-electron chi connectivity index (χ1n) is 5.98. The zero-order valence-corrected chi connectivity index (χ0v) is 10.5. The highest BCUT2D eigenvalue weighted by Gasteiger charge is 2.20. The number of hydrogen-bond acceptors (Lipinski definition) is 2. The number of rotatable bonds is 6. The van der Waals surface area contributed by atoms with Crippen LogP contribution in [0.5, 0.6) is 0 Å². The molecular weight excluding hydrogens is 256 g/mol. The second-order valence-corrected chi connectivity index (χ2v) is 4.08. The Balaban J connectivity index is 2.89. The smallest absolute Gasteiger partial charge is 0.336 e. The van der Waals surface area contributed by atoms with Crippen LogP contribution < -0.4 is 5.32 Å². The Morgan fingerprint density at radius 2 is 1.74 bits per heavy atom. The van der Waals surface area contributed by atoms with Gasteiger partial charge >= 0.3 is 5.97 Å². The van der Waals surface area contributed by atoms with Crippen LogP contribution in [-0.4, -0.2) is 23.5 Å². The van der Waals surface area contributed by atoms with Crippen molar-refractivity contribution in [2.24, 2.45) is 0 Å². The fourth-order valence-corrected chi connectivity index (χ4v) is 1.58. The molecule has 4 nitrogen and oxygen atoms in total. The van der Waals surface area contributed by atoms with E-state index < -0.39 is 29.1 Å². The third-order valence-corrected chi connectivity index (χ3v) is 2.60. The number of unbranched alkanes of at least 4 members (excludes halogenated alkanes) is 2. The number of carbonyl (C=O) groups is 2. The lowest BCUT2D eigenvalue weighted by Gasteiger charge is -2.08. The molecule has 0 bridgehead atoms. The molecule has 0 fully saturated rings. The van der Waals surface area contributed by atoms with Crippen LogP contribution in [0.3, 0.4) is 0 Å². The maximum Gasteiger partial charge on any atom is 0.336 e. The lowest BCUT2D eigenvalue weighted by atomic mass is 10.1. The summed E-state index contributed by atoms with van der Waals surface area (Å²) in [6.07, 6.45) is 2.64. The highest BCUT2D eigenvalue weighted by atomic mass is 19.2. The number of carbonyl (C=O) groups excluding carboxylic acids is 1. The first kappa shape index (κ1) is 15.1. The van der Waals surface area contributed by atoms with E-state index in [0.717, 1.165) is 19.3 Å². The highest BCUT2D eigenvalue weighted by Crippen LogP contribution is 2.15. The molecule has 0 aromatic heterocycles. The molecule has 2 N–H and O–H groups in total. The lowest BCUT2D eigenvalue weighted by molar-refractivity contribution is 0.0690. The van der Waals surface area contributed by atoms with Crippen LogP contribution in [0.2, 0.25) is 0 Å². The average Bonchev–Trinajstić information content (AvgIpc) is 2.36. The van der Waals surface area contributed by atoms with Crippen molar-refractivity contribution in [3.8, 4) is 0 Å². The second-order valence-electron chi connectivity index (χ2n) is 4.08. The van der Waals surface area contributed by atoms with Gasteiger partial charge < -0.3 is 10.4 Å². The quantitative estimate of drug-likeness (QED) is 0.781. The minimum Gasteiger partial charge on any atom is -0.478 e. The van der Waals surface area contributed by atoms with Crippen molar-refractivity contribution in [1.82, 2.24) is 5.32 Å². The Labute approximate surface area is 109 Å². The normalized spacial score (nSPS) is 10.3. The monoisotopic (exact) mass is 271 g/mol. The van der Waals surface area contributed by atoms with Gasteiger partial charge in [0.25, 0.3) is 5.91 Å². The van der Waals surface area contributed by atoms with E-state index in [1.54, 1.807) is 0 Å². The number of hydrogen-bond donors (Lipinski definition) is 2. The maximum atomic E-state index is 13.1. The maximum absolute atomic E-state index is 13.1. The van der Waals surface area contributed by atoms with Gasteiger partial charge in [-0.15, -0.1) is 0 Å². The Bertz CT molecular complexity index is 489. The third kappa shape index (κ3) is 4.01. The van der Waals surface area contributed by atoms with Crippen molar-refractivity contribution in [2.45, 2.75) is 26.2 Å². The molecule has 19 heavy (non-hydrogen) atoms. The van der Waals surface area contributed by atoms with Crippen LogP contribution in [0.4, 0.5) is 8.78 Å². The first-order valence-corrected chi connectivity index (χ1v) is 5.98. The van der Waals surface area contributed by atoms with E-state index in [2.05, 4.69) is 5.32 Å². The molecule has 6 heteroatoms. The van der Waals surface area contributed by atoms with Gasteiger partial charge in [0.05, 0.1) is 11.1 Å². The van der Waals surface area contributed by atoms with Crippen LogP contribution in [0.25, 0.3) is 0 Å². The van der Waals surface area contributed by atoms with Gasteiger partial charge in [0.1, 0.15) is 0 Å². The van der Waals surface area contributed by atoms with Gasteiger partial charge in [0.2, 0.25) is 0 Å². The van der Waals surface area contributed by atoms with Crippen molar-refractivity contribution in [3.05, 3.63) is 34.9 Å². The largest absolute Gasteiger partial charge is 0.478 e. The predicted octanol–water partition coefficient (Wildman–Crippen LogP) is 2.58. The van der Waals surface area contributed by atoms with Crippen LogP contribution in [-0.2, 0) is 0 Å². The SMILES string of the molecule is CCCCCNC(=O)c1cc(F)c(F)cc1C(=O)O. The molecule has 0 radical (unpaired) electrons. The minimum atomic E-state index is -1.47. The minimum absolute atomic E-state index is 0.366. The highest BCUT2D eigenvalue weighted by molar-refractivity contribution is 6.04. The molecule has 0 spiro atoms. The van der Waals surface area contributed by atoms with Gasteiger partial charge in [-0.2, -0.15) is 0 Å². The Hall–Kier alpha value is -1.98. The zero-order chi connectivity index (χ0) is 14.4. The molecule has 0 saturated heterocycles. The van der Waals surface area contributed by atoms with Crippen molar-refractivity contribution >= 4 is 11.9 Å². The molecule has 1 rings (SSSR count). The molecule has 0 aliphatic rings. The van der Waals surface area contributed by atoms with E-state index in [1.165, 1.54) is 0 Å². The summed E-state index contributed by atoms with van der Waals surface area (Å²) in [6.45, 7) is 2.37. The summed E-state index contributed by atoms with van der Waals surface area (Å²) in [5.41, 5.74) is -0.921. The van der Waals surface area contributed by atoms with E-state index in [4.69, 9.17) is 5.11 Å². The van der Waals surface area contributed by atoms with E-state index in [-0.39, 0.29) is 5.56 Å². The van der Waals surface area contributed by atoms with Gasteiger partial charge in [0.15, 0.2) is 11.6 Å². The van der Waals surface area contributed by atoms with Crippen LogP contribution in [0.1, 0.15) is 46.9 Å². The predicted molar refractivity (Wildman–Crippen MR) is 65.2 cm³/mol. The summed E-state index contributed by atoms with van der Waals surface area (Å²) in [5.74, 6) is -4.73. The first-order chi connectivity index (χ1) is 8.97. The number of halogens is 2. The fourth-order valence-electron chi connectivity index (χ4n) is 1.58. The van der Waals surface area contributed by atoms with Gasteiger partial charge in [0, 0.05) is 6.54 Å². The summed E-state index contributed by atoms with van der Waals surface area (Å²) >= 11 is 0. The number of nitrogens with one attached hydrogen (secondary N) is 1. The Morgan fingerprint density at radius 3 is 2.26 bits per heavy atom. The van der Waals surface area contributed by atoms with Crippen LogP contribution >= 0.6 is 0 Å². The summed E-state index contributed by atoms with van der Waals surface area (Å²) in [4.78, 5) is 22.6. The van der Waals surface area contributed by atoms with Crippen LogP contribution in [0.15, 0.2) is 12.1 Å². The number of carboxylic acid groups (broad SMARTS) is 1. The molecule has 1 aromatic carbocycles. The standard InChI is InChI=1S/C13H15F2NO3/c1-2-3-4-5-16-12(17)8-6-10(14)11(15)7-9(8)13(18)19/h6-7H,2-5H2,1H3,(H,16,17)(H,18,19). The number of carboxylic acids is 1.